The number of aromatic nitrogens is 4. The highest BCUT2D eigenvalue weighted by Gasteiger charge is 2.13. The number of aryl methyl sites for hydroxylation is 1. The van der Waals surface area contributed by atoms with Gasteiger partial charge >= 0.3 is 0 Å². The lowest BCUT2D eigenvalue weighted by atomic mass is 10.2. The summed E-state index contributed by atoms with van der Waals surface area (Å²) in [4.78, 5) is 17.0. The van der Waals surface area contributed by atoms with E-state index in [1.165, 1.54) is 25.6 Å². The zero-order valence-corrected chi connectivity index (χ0v) is 15.8. The van der Waals surface area contributed by atoms with Gasteiger partial charge in [-0.15, -0.1) is 0 Å². The third kappa shape index (κ3) is 4.59. The Bertz CT molecular complexity index is 938. The molecule has 3 aromatic rings. The van der Waals surface area contributed by atoms with Gasteiger partial charge in [-0.3, -0.25) is 4.98 Å². The monoisotopic (exact) mass is 388 g/mol. The number of pyridine rings is 2. The van der Waals surface area contributed by atoms with Gasteiger partial charge in [0.2, 0.25) is 11.8 Å². The van der Waals surface area contributed by atoms with Gasteiger partial charge in [-0.1, -0.05) is 11.6 Å². The van der Waals surface area contributed by atoms with E-state index in [-0.39, 0.29) is 11.9 Å². The van der Waals surface area contributed by atoms with E-state index in [0.717, 1.165) is 5.56 Å². The molecule has 1 atom stereocenters. The molecular weight excluding hydrogens is 371 g/mol. The molecule has 27 heavy (non-hydrogen) atoms. The minimum absolute atomic E-state index is 0.172. The Labute approximate surface area is 161 Å². The molecule has 0 bridgehead atoms. The Morgan fingerprint density at radius 3 is 2.67 bits per heavy atom. The van der Waals surface area contributed by atoms with Gasteiger partial charge in [0.1, 0.15) is 17.3 Å². The van der Waals surface area contributed by atoms with Crippen molar-refractivity contribution in [2.45, 2.75) is 19.9 Å². The van der Waals surface area contributed by atoms with E-state index in [1.807, 2.05) is 13.8 Å². The summed E-state index contributed by atoms with van der Waals surface area (Å²) < 4.78 is 18.3. The van der Waals surface area contributed by atoms with Crippen LogP contribution in [0.25, 0.3) is 0 Å². The van der Waals surface area contributed by atoms with Crippen LogP contribution in [0.3, 0.4) is 0 Å². The predicted octanol–water partition coefficient (Wildman–Crippen LogP) is 4.29. The second-order valence-electron chi connectivity index (χ2n) is 5.83. The van der Waals surface area contributed by atoms with Gasteiger partial charge in [0.15, 0.2) is 0 Å². The van der Waals surface area contributed by atoms with Crippen LogP contribution in [0.5, 0.6) is 5.88 Å². The van der Waals surface area contributed by atoms with E-state index in [1.54, 1.807) is 18.3 Å². The van der Waals surface area contributed by atoms with Crippen molar-refractivity contribution in [3.63, 3.8) is 0 Å². The number of nitrogens with zero attached hydrogens (tertiary/aromatic N) is 4. The van der Waals surface area contributed by atoms with Gasteiger partial charge in [-0.2, -0.15) is 4.98 Å². The summed E-state index contributed by atoms with van der Waals surface area (Å²) >= 11 is 6.00. The Hall–Kier alpha value is -3.00. The van der Waals surface area contributed by atoms with Crippen LogP contribution < -0.4 is 15.4 Å². The summed E-state index contributed by atoms with van der Waals surface area (Å²) in [6.07, 6.45) is 4.37. The Balaban J connectivity index is 1.82. The lowest BCUT2D eigenvalue weighted by molar-refractivity contribution is 0.400. The second-order valence-corrected chi connectivity index (χ2v) is 6.26. The van der Waals surface area contributed by atoms with Crippen molar-refractivity contribution < 1.29 is 9.13 Å². The molecule has 140 valence electrons. The quantitative estimate of drug-likeness (QED) is 0.651. The maximum atomic E-state index is 13.1. The molecule has 0 amide bonds. The number of rotatable bonds is 6. The fourth-order valence-electron chi connectivity index (χ4n) is 2.37. The summed E-state index contributed by atoms with van der Waals surface area (Å²) in [6, 6.07) is 4.51. The van der Waals surface area contributed by atoms with E-state index in [2.05, 4.69) is 30.6 Å². The van der Waals surface area contributed by atoms with Gasteiger partial charge in [0, 0.05) is 18.0 Å². The fraction of sp³-hybridized carbons (Fsp3) is 0.222. The van der Waals surface area contributed by atoms with Crippen LogP contribution in [-0.2, 0) is 0 Å². The van der Waals surface area contributed by atoms with Crippen LogP contribution in [0.15, 0.2) is 36.8 Å². The average molecular weight is 389 g/mol. The van der Waals surface area contributed by atoms with E-state index in [9.17, 15) is 4.39 Å². The van der Waals surface area contributed by atoms with Crippen molar-refractivity contribution in [3.8, 4) is 5.88 Å². The number of hydrogen-bond acceptors (Lipinski definition) is 7. The van der Waals surface area contributed by atoms with E-state index >= 15 is 0 Å². The first-order valence-corrected chi connectivity index (χ1v) is 8.52. The molecule has 3 aromatic heterocycles. The minimum atomic E-state index is -0.375. The zero-order valence-electron chi connectivity index (χ0n) is 15.0. The summed E-state index contributed by atoms with van der Waals surface area (Å²) in [5, 5.41) is 6.77. The lowest BCUT2D eigenvalue weighted by Crippen LogP contribution is -2.12. The second kappa shape index (κ2) is 8.13. The summed E-state index contributed by atoms with van der Waals surface area (Å²) in [5.41, 5.74) is 2.10. The molecule has 0 spiro atoms. The highest BCUT2D eigenvalue weighted by atomic mass is 35.5. The van der Waals surface area contributed by atoms with Gasteiger partial charge in [-0.05, 0) is 32.0 Å². The third-order valence-electron chi connectivity index (χ3n) is 3.78. The topological polar surface area (TPSA) is 84.9 Å². The summed E-state index contributed by atoms with van der Waals surface area (Å²) in [7, 11) is 1.52. The molecule has 0 fully saturated rings. The van der Waals surface area contributed by atoms with Crippen molar-refractivity contribution in [1.82, 2.24) is 19.9 Å². The Morgan fingerprint density at radius 1 is 1.15 bits per heavy atom. The van der Waals surface area contributed by atoms with Gasteiger partial charge in [0.05, 0.1) is 30.1 Å². The van der Waals surface area contributed by atoms with E-state index in [4.69, 9.17) is 16.3 Å². The first-order chi connectivity index (χ1) is 13.0. The molecule has 0 saturated heterocycles. The minimum Gasteiger partial charge on any atom is -0.480 e. The van der Waals surface area contributed by atoms with Crippen LogP contribution in [-0.4, -0.2) is 27.0 Å². The Kier molecular flexibility index (Phi) is 5.66. The largest absolute Gasteiger partial charge is 0.480 e. The van der Waals surface area contributed by atoms with Crippen LogP contribution >= 0.6 is 11.6 Å². The average Bonchev–Trinajstić information content (AvgIpc) is 2.65. The number of hydrogen-bond donors (Lipinski definition) is 2. The van der Waals surface area contributed by atoms with Crippen LogP contribution in [0.2, 0.25) is 5.02 Å². The van der Waals surface area contributed by atoms with Crippen molar-refractivity contribution in [3.05, 3.63) is 58.9 Å². The molecule has 0 aliphatic heterocycles. The SMILES string of the molecule is COc1ncc(Cl)cc1Nc1ncc(C)c(NC(C)c2ccc(F)cn2)n1. The molecular formula is C18H18ClFN6O. The molecule has 0 aliphatic rings. The summed E-state index contributed by atoms with van der Waals surface area (Å²) in [5.74, 6) is 0.978. The lowest BCUT2D eigenvalue weighted by Gasteiger charge is -2.16. The van der Waals surface area contributed by atoms with E-state index in [0.29, 0.717) is 34.1 Å². The number of anilines is 3. The third-order valence-corrected chi connectivity index (χ3v) is 3.98. The van der Waals surface area contributed by atoms with Crippen molar-refractivity contribution in [2.24, 2.45) is 0 Å². The first kappa shape index (κ1) is 18.8. The molecule has 3 rings (SSSR count). The number of ether oxygens (including phenoxy) is 1. The molecule has 0 radical (unpaired) electrons. The number of methoxy groups -OCH3 is 1. The van der Waals surface area contributed by atoms with Crippen LogP contribution in [0, 0.1) is 12.7 Å². The van der Waals surface area contributed by atoms with E-state index < -0.39 is 0 Å². The molecule has 2 N–H and O–H groups in total. The molecule has 1 unspecified atom stereocenters. The zero-order chi connectivity index (χ0) is 19.4. The summed E-state index contributed by atoms with van der Waals surface area (Å²) in [6.45, 7) is 3.80. The van der Waals surface area contributed by atoms with Crippen LogP contribution in [0.1, 0.15) is 24.2 Å². The predicted molar refractivity (Wildman–Crippen MR) is 102 cm³/mol. The molecule has 9 heteroatoms. The van der Waals surface area contributed by atoms with Gasteiger partial charge in [0.25, 0.3) is 0 Å². The Morgan fingerprint density at radius 2 is 1.96 bits per heavy atom. The van der Waals surface area contributed by atoms with Crippen molar-refractivity contribution >= 4 is 29.1 Å². The van der Waals surface area contributed by atoms with Crippen molar-refractivity contribution in [2.75, 3.05) is 17.7 Å². The molecule has 0 aromatic carbocycles. The maximum absolute atomic E-state index is 13.1. The molecule has 3 heterocycles. The van der Waals surface area contributed by atoms with Gasteiger partial charge in [-0.25, -0.2) is 14.4 Å². The highest BCUT2D eigenvalue weighted by Crippen LogP contribution is 2.28. The van der Waals surface area contributed by atoms with Gasteiger partial charge < -0.3 is 15.4 Å². The maximum Gasteiger partial charge on any atom is 0.237 e. The number of nitrogens with one attached hydrogen (secondary N) is 2. The van der Waals surface area contributed by atoms with Crippen molar-refractivity contribution in [1.29, 1.82) is 0 Å². The molecule has 0 saturated carbocycles. The van der Waals surface area contributed by atoms with Crippen LogP contribution in [0.4, 0.5) is 21.8 Å². The molecule has 0 aliphatic carbocycles. The number of halogens is 2. The smallest absolute Gasteiger partial charge is 0.237 e. The standard InChI is InChI=1S/C18H18ClFN6O/c1-10-7-23-18(25-15-6-12(19)8-22-17(15)27-3)26-16(10)24-11(2)14-5-4-13(20)9-21-14/h4-9,11H,1-3H3,(H2,23,24,25,26). The fourth-order valence-corrected chi connectivity index (χ4v) is 2.53. The highest BCUT2D eigenvalue weighted by molar-refractivity contribution is 6.30. The molecule has 7 nitrogen and oxygen atoms in total. The normalized spacial score (nSPS) is 11.7. The first-order valence-electron chi connectivity index (χ1n) is 8.14.